The van der Waals surface area contributed by atoms with Gasteiger partial charge in [0.05, 0.1) is 0 Å². The molecule has 0 fully saturated rings. The van der Waals surface area contributed by atoms with E-state index in [1.54, 1.807) is 0 Å². The number of hydrogen-bond donors (Lipinski definition) is 0. The van der Waals surface area contributed by atoms with E-state index in [-0.39, 0.29) is 0 Å². The van der Waals surface area contributed by atoms with Crippen molar-refractivity contribution in [1.29, 1.82) is 0 Å². The molecule has 130 valence electrons. The van der Waals surface area contributed by atoms with Gasteiger partial charge in [-0.15, -0.1) is 11.8 Å². The maximum absolute atomic E-state index is 13.4. The van der Waals surface area contributed by atoms with Crippen LogP contribution in [0.25, 0.3) is 11.0 Å². The quantitative estimate of drug-likeness (QED) is 0.435. The van der Waals surface area contributed by atoms with E-state index in [1.807, 2.05) is 13.0 Å². The summed E-state index contributed by atoms with van der Waals surface area (Å²) in [6, 6.07) is 9.21. The number of halogens is 2. The summed E-state index contributed by atoms with van der Waals surface area (Å²) in [6.07, 6.45) is 0. The molecular weight excluding hydrogens is 342 g/mol. The fourth-order valence-corrected chi connectivity index (χ4v) is 3.77. The summed E-state index contributed by atoms with van der Waals surface area (Å²) in [5, 5.41) is 0.879. The Hall–Kier alpha value is -2.14. The molecular formula is C20H18F2O2S. The smallest absolute Gasteiger partial charge is 0.336 e. The molecule has 2 nitrogen and oxygen atoms in total. The molecule has 1 heterocycles. The maximum atomic E-state index is 13.4. The second kappa shape index (κ2) is 7.00. The molecule has 3 aromatic rings. The van der Waals surface area contributed by atoms with Crippen LogP contribution >= 0.6 is 11.8 Å². The van der Waals surface area contributed by atoms with Gasteiger partial charge in [0.25, 0.3) is 0 Å². The molecule has 0 saturated heterocycles. The topological polar surface area (TPSA) is 30.2 Å². The number of fused-ring (bicyclic) bond motifs is 1. The van der Waals surface area contributed by atoms with E-state index in [1.165, 1.54) is 29.5 Å². The molecule has 0 N–H and O–H groups in total. The molecule has 0 radical (unpaired) electrons. The van der Waals surface area contributed by atoms with Crippen molar-refractivity contribution in [2.24, 2.45) is 0 Å². The van der Waals surface area contributed by atoms with Crippen LogP contribution in [0.3, 0.4) is 0 Å². The highest BCUT2D eigenvalue weighted by Crippen LogP contribution is 2.30. The lowest BCUT2D eigenvalue weighted by Crippen LogP contribution is -2.02. The maximum Gasteiger partial charge on any atom is 0.336 e. The molecule has 0 bridgehead atoms. The molecule has 1 aromatic heterocycles. The third kappa shape index (κ3) is 3.76. The highest BCUT2D eigenvalue weighted by Gasteiger charge is 2.12. The Balaban J connectivity index is 2.00. The molecule has 5 heteroatoms. The lowest BCUT2D eigenvalue weighted by atomic mass is 9.95. The van der Waals surface area contributed by atoms with Crippen LogP contribution in [0.1, 0.15) is 36.5 Å². The summed E-state index contributed by atoms with van der Waals surface area (Å²) in [7, 11) is 0. The molecule has 0 aliphatic rings. The van der Waals surface area contributed by atoms with Gasteiger partial charge in [0, 0.05) is 22.1 Å². The van der Waals surface area contributed by atoms with Crippen molar-refractivity contribution in [3.05, 3.63) is 75.1 Å². The van der Waals surface area contributed by atoms with Crippen LogP contribution in [0, 0.1) is 18.6 Å². The Bertz CT molecular complexity index is 993. The van der Waals surface area contributed by atoms with Crippen molar-refractivity contribution in [3.8, 4) is 0 Å². The molecule has 2 aromatic carbocycles. The highest BCUT2D eigenvalue weighted by atomic mass is 32.2. The van der Waals surface area contributed by atoms with Crippen LogP contribution in [-0.2, 0) is 5.75 Å². The van der Waals surface area contributed by atoms with Crippen LogP contribution in [0.5, 0.6) is 0 Å². The van der Waals surface area contributed by atoms with E-state index in [0.717, 1.165) is 28.6 Å². The second-order valence-electron chi connectivity index (χ2n) is 6.31. The normalized spacial score (nSPS) is 11.4. The van der Waals surface area contributed by atoms with Gasteiger partial charge in [-0.05, 0) is 59.9 Å². The number of rotatable bonds is 4. The van der Waals surface area contributed by atoms with Crippen molar-refractivity contribution >= 4 is 22.7 Å². The van der Waals surface area contributed by atoms with Crippen LogP contribution in [0.4, 0.5) is 8.78 Å². The standard InChI is InChI=1S/C20H18F2O2S/c1-11(2)15-9-16-13(7-20(23)24-19(16)6-12(15)3)10-25-14-4-5-17(21)18(22)8-14/h4-9,11H,10H2,1-3H3. The zero-order valence-corrected chi connectivity index (χ0v) is 15.0. The third-order valence-electron chi connectivity index (χ3n) is 4.12. The van der Waals surface area contributed by atoms with Crippen LogP contribution in [-0.4, -0.2) is 0 Å². The van der Waals surface area contributed by atoms with Crippen molar-refractivity contribution in [1.82, 2.24) is 0 Å². The summed E-state index contributed by atoms with van der Waals surface area (Å²) in [5.41, 5.74) is 3.24. The van der Waals surface area contributed by atoms with Gasteiger partial charge >= 0.3 is 5.63 Å². The molecule has 25 heavy (non-hydrogen) atoms. The van der Waals surface area contributed by atoms with E-state index in [4.69, 9.17) is 4.42 Å². The van der Waals surface area contributed by atoms with Crippen molar-refractivity contribution < 1.29 is 13.2 Å². The van der Waals surface area contributed by atoms with Crippen molar-refractivity contribution in [2.75, 3.05) is 0 Å². The van der Waals surface area contributed by atoms with Gasteiger partial charge < -0.3 is 4.42 Å². The summed E-state index contributed by atoms with van der Waals surface area (Å²) in [4.78, 5) is 12.5. The van der Waals surface area contributed by atoms with E-state index >= 15 is 0 Å². The van der Waals surface area contributed by atoms with Gasteiger partial charge in [-0.1, -0.05) is 13.8 Å². The average Bonchev–Trinajstić information content (AvgIpc) is 2.54. The highest BCUT2D eigenvalue weighted by molar-refractivity contribution is 7.98. The van der Waals surface area contributed by atoms with Crippen LogP contribution in [0.2, 0.25) is 0 Å². The van der Waals surface area contributed by atoms with Gasteiger partial charge in [-0.25, -0.2) is 13.6 Å². The van der Waals surface area contributed by atoms with E-state index < -0.39 is 17.3 Å². The molecule has 0 saturated carbocycles. The Morgan fingerprint density at radius 1 is 1.08 bits per heavy atom. The predicted octanol–water partition coefficient (Wildman–Crippen LogP) is 5.80. The Morgan fingerprint density at radius 2 is 1.84 bits per heavy atom. The van der Waals surface area contributed by atoms with Crippen LogP contribution in [0.15, 0.2) is 50.5 Å². The molecule has 0 aliphatic carbocycles. The third-order valence-corrected chi connectivity index (χ3v) is 5.17. The Morgan fingerprint density at radius 3 is 2.52 bits per heavy atom. The zero-order chi connectivity index (χ0) is 18.1. The van der Waals surface area contributed by atoms with Gasteiger partial charge in [-0.3, -0.25) is 0 Å². The first-order valence-electron chi connectivity index (χ1n) is 8.00. The largest absolute Gasteiger partial charge is 0.423 e. The van der Waals surface area contributed by atoms with Gasteiger partial charge in [0.1, 0.15) is 5.58 Å². The first kappa shape index (κ1) is 17.7. The summed E-state index contributed by atoms with van der Waals surface area (Å²) in [5.74, 6) is -0.927. The zero-order valence-electron chi connectivity index (χ0n) is 14.2. The minimum absolute atomic E-state index is 0.350. The second-order valence-corrected chi connectivity index (χ2v) is 7.36. The lowest BCUT2D eigenvalue weighted by Gasteiger charge is -2.13. The average molecular weight is 360 g/mol. The fraction of sp³-hybridized carbons (Fsp3) is 0.250. The molecule has 3 rings (SSSR count). The molecule has 0 spiro atoms. The van der Waals surface area contributed by atoms with Crippen molar-refractivity contribution in [3.63, 3.8) is 0 Å². The predicted molar refractivity (Wildman–Crippen MR) is 97.2 cm³/mol. The Labute approximate surface area is 148 Å². The molecule has 0 atom stereocenters. The van der Waals surface area contributed by atoms with Crippen LogP contribution < -0.4 is 5.63 Å². The molecule has 0 aliphatic heterocycles. The van der Waals surface area contributed by atoms with Gasteiger partial charge in [0.2, 0.25) is 0 Å². The Kier molecular flexibility index (Phi) is 4.95. The number of benzene rings is 2. The van der Waals surface area contributed by atoms with Gasteiger partial charge in [-0.2, -0.15) is 0 Å². The minimum Gasteiger partial charge on any atom is -0.423 e. The first-order chi connectivity index (χ1) is 11.8. The minimum atomic E-state index is -0.875. The number of hydrogen-bond acceptors (Lipinski definition) is 3. The van der Waals surface area contributed by atoms with Gasteiger partial charge in [0.15, 0.2) is 11.6 Å². The molecule has 0 unspecified atom stereocenters. The number of aryl methyl sites for hydroxylation is 1. The van der Waals surface area contributed by atoms with E-state index in [2.05, 4.69) is 19.9 Å². The lowest BCUT2D eigenvalue weighted by molar-refractivity contribution is 0.506. The number of thioether (sulfide) groups is 1. The van der Waals surface area contributed by atoms with E-state index in [0.29, 0.717) is 22.1 Å². The SMILES string of the molecule is Cc1cc2oc(=O)cc(CSc3ccc(F)c(F)c3)c2cc1C(C)C. The summed E-state index contributed by atoms with van der Waals surface area (Å²) >= 11 is 1.35. The monoisotopic (exact) mass is 360 g/mol. The molecule has 0 amide bonds. The summed E-state index contributed by atoms with van der Waals surface area (Å²) < 4.78 is 31.7. The van der Waals surface area contributed by atoms with Crippen molar-refractivity contribution in [2.45, 2.75) is 37.3 Å². The summed E-state index contributed by atoms with van der Waals surface area (Å²) in [6.45, 7) is 6.23. The first-order valence-corrected chi connectivity index (χ1v) is 8.99. The van der Waals surface area contributed by atoms with E-state index in [9.17, 15) is 13.6 Å². The fourth-order valence-electron chi connectivity index (χ4n) is 2.86.